The van der Waals surface area contributed by atoms with Gasteiger partial charge in [-0.05, 0) is 42.0 Å². The fourth-order valence-electron chi connectivity index (χ4n) is 2.62. The highest BCUT2D eigenvalue weighted by Gasteiger charge is 2.14. The fraction of sp³-hybridized carbons (Fsp3) is 0.0952. The van der Waals surface area contributed by atoms with E-state index < -0.39 is 0 Å². The zero-order valence-corrected chi connectivity index (χ0v) is 15.9. The van der Waals surface area contributed by atoms with Crippen molar-refractivity contribution in [1.29, 1.82) is 0 Å². The van der Waals surface area contributed by atoms with Crippen LogP contribution in [0, 0.1) is 0 Å². The number of aromatic nitrogens is 1. The van der Waals surface area contributed by atoms with Crippen molar-refractivity contribution < 1.29 is 14.3 Å². The lowest BCUT2D eigenvalue weighted by Crippen LogP contribution is -2.24. The fourth-order valence-corrected chi connectivity index (χ4v) is 2.79. The molecule has 0 bridgehead atoms. The van der Waals surface area contributed by atoms with Crippen LogP contribution in [0.5, 0.6) is 5.75 Å². The molecule has 0 radical (unpaired) electrons. The number of para-hydroxylation sites is 1. The standard InChI is InChI=1S/C21H18ClN3O3/c1-28-19-9-8-16(22)11-17(19)21(27)24-13-14-5-2-3-7-18(14)25-20(26)15-6-4-10-23-12-15/h2-12H,13H2,1H3,(H,24,27)(H,25,26). The lowest BCUT2D eigenvalue weighted by molar-refractivity contribution is 0.0947. The molecule has 0 atom stereocenters. The number of pyridine rings is 1. The first-order valence-electron chi connectivity index (χ1n) is 8.49. The van der Waals surface area contributed by atoms with Crippen molar-refractivity contribution in [3.8, 4) is 5.75 Å². The third kappa shape index (κ3) is 4.66. The van der Waals surface area contributed by atoms with Crippen molar-refractivity contribution in [3.05, 3.63) is 88.7 Å². The molecule has 1 heterocycles. The first-order chi connectivity index (χ1) is 13.6. The Labute approximate surface area is 167 Å². The van der Waals surface area contributed by atoms with Gasteiger partial charge >= 0.3 is 0 Å². The number of anilines is 1. The molecule has 0 aliphatic rings. The Hall–Kier alpha value is -3.38. The summed E-state index contributed by atoms with van der Waals surface area (Å²) in [6, 6.07) is 15.5. The highest BCUT2D eigenvalue weighted by atomic mass is 35.5. The van der Waals surface area contributed by atoms with Crippen molar-refractivity contribution >= 4 is 29.1 Å². The maximum Gasteiger partial charge on any atom is 0.257 e. The van der Waals surface area contributed by atoms with Crippen LogP contribution in [0.25, 0.3) is 0 Å². The highest BCUT2D eigenvalue weighted by molar-refractivity contribution is 6.31. The van der Waals surface area contributed by atoms with Gasteiger partial charge in [-0.3, -0.25) is 14.6 Å². The van der Waals surface area contributed by atoms with Gasteiger partial charge in [0.15, 0.2) is 0 Å². The normalized spacial score (nSPS) is 10.2. The Bertz CT molecular complexity index is 993. The van der Waals surface area contributed by atoms with E-state index in [1.807, 2.05) is 18.2 Å². The largest absolute Gasteiger partial charge is 0.496 e. The number of ether oxygens (including phenoxy) is 1. The summed E-state index contributed by atoms with van der Waals surface area (Å²) in [5, 5.41) is 6.12. The van der Waals surface area contributed by atoms with Gasteiger partial charge in [0.1, 0.15) is 5.75 Å². The molecule has 0 saturated heterocycles. The van der Waals surface area contributed by atoms with Crippen LogP contribution in [0.4, 0.5) is 5.69 Å². The van der Waals surface area contributed by atoms with Gasteiger partial charge in [-0.15, -0.1) is 0 Å². The molecule has 142 valence electrons. The predicted octanol–water partition coefficient (Wildman–Crippen LogP) is 3.93. The first-order valence-corrected chi connectivity index (χ1v) is 8.87. The number of hydrogen-bond acceptors (Lipinski definition) is 4. The van der Waals surface area contributed by atoms with Crippen molar-refractivity contribution in [2.24, 2.45) is 0 Å². The summed E-state index contributed by atoms with van der Waals surface area (Å²) < 4.78 is 5.22. The van der Waals surface area contributed by atoms with E-state index in [1.54, 1.807) is 42.6 Å². The number of rotatable bonds is 6. The first kappa shape index (κ1) is 19.4. The van der Waals surface area contributed by atoms with Crippen molar-refractivity contribution in [2.75, 3.05) is 12.4 Å². The molecule has 6 nitrogen and oxygen atoms in total. The van der Waals surface area contributed by atoms with Crippen LogP contribution >= 0.6 is 11.6 Å². The Morgan fingerprint density at radius 1 is 1.07 bits per heavy atom. The lowest BCUT2D eigenvalue weighted by Gasteiger charge is -2.13. The summed E-state index contributed by atoms with van der Waals surface area (Å²) in [5.74, 6) is -0.170. The van der Waals surface area contributed by atoms with E-state index >= 15 is 0 Å². The molecule has 0 saturated carbocycles. The number of halogens is 1. The van der Waals surface area contributed by atoms with E-state index in [0.29, 0.717) is 27.6 Å². The van der Waals surface area contributed by atoms with Gasteiger partial charge in [0.25, 0.3) is 11.8 Å². The summed E-state index contributed by atoms with van der Waals surface area (Å²) in [4.78, 5) is 28.9. The van der Waals surface area contributed by atoms with E-state index in [1.165, 1.54) is 13.3 Å². The van der Waals surface area contributed by atoms with Crippen molar-refractivity contribution in [1.82, 2.24) is 10.3 Å². The zero-order valence-electron chi connectivity index (χ0n) is 15.1. The minimum absolute atomic E-state index is 0.220. The molecule has 7 heteroatoms. The molecule has 2 aromatic carbocycles. The van der Waals surface area contributed by atoms with E-state index in [-0.39, 0.29) is 18.4 Å². The van der Waals surface area contributed by atoms with Crippen molar-refractivity contribution in [2.45, 2.75) is 6.54 Å². The van der Waals surface area contributed by atoms with E-state index in [2.05, 4.69) is 15.6 Å². The van der Waals surface area contributed by atoms with Gasteiger partial charge in [0.05, 0.1) is 18.2 Å². The summed E-state index contributed by atoms with van der Waals surface area (Å²) >= 11 is 5.99. The van der Waals surface area contributed by atoms with Gasteiger partial charge in [-0.1, -0.05) is 29.8 Å². The SMILES string of the molecule is COc1ccc(Cl)cc1C(=O)NCc1ccccc1NC(=O)c1cccnc1. The maximum absolute atomic E-state index is 12.6. The van der Waals surface area contributed by atoms with Crippen LogP contribution in [0.15, 0.2) is 67.0 Å². The molecule has 28 heavy (non-hydrogen) atoms. The van der Waals surface area contributed by atoms with Gasteiger partial charge < -0.3 is 15.4 Å². The van der Waals surface area contributed by atoms with Crippen LogP contribution in [0.1, 0.15) is 26.3 Å². The smallest absolute Gasteiger partial charge is 0.257 e. The average Bonchev–Trinajstić information content (AvgIpc) is 2.73. The number of hydrogen-bond donors (Lipinski definition) is 2. The Morgan fingerprint density at radius 2 is 1.89 bits per heavy atom. The summed E-state index contributed by atoms with van der Waals surface area (Å²) in [6.45, 7) is 0.220. The lowest BCUT2D eigenvalue weighted by atomic mass is 10.1. The van der Waals surface area contributed by atoms with E-state index in [9.17, 15) is 9.59 Å². The molecule has 0 aliphatic carbocycles. The molecule has 1 aromatic heterocycles. The monoisotopic (exact) mass is 395 g/mol. The second-order valence-electron chi connectivity index (χ2n) is 5.88. The minimum Gasteiger partial charge on any atom is -0.496 e. The van der Waals surface area contributed by atoms with Crippen molar-refractivity contribution in [3.63, 3.8) is 0 Å². The number of amides is 2. The van der Waals surface area contributed by atoms with Gasteiger partial charge in [-0.25, -0.2) is 0 Å². The molecule has 3 rings (SSSR count). The summed E-state index contributed by atoms with van der Waals surface area (Å²) in [7, 11) is 1.49. The van der Waals surface area contributed by atoms with Crippen LogP contribution in [-0.2, 0) is 6.54 Å². The maximum atomic E-state index is 12.6. The van der Waals surface area contributed by atoms with E-state index in [4.69, 9.17) is 16.3 Å². The Kier molecular flexibility index (Phi) is 6.24. The summed E-state index contributed by atoms with van der Waals surface area (Å²) in [6.07, 6.45) is 3.09. The molecule has 2 N–H and O–H groups in total. The minimum atomic E-state index is -0.326. The molecule has 0 aliphatic heterocycles. The molecular formula is C21H18ClN3O3. The molecular weight excluding hydrogens is 378 g/mol. The van der Waals surface area contributed by atoms with Gasteiger partial charge in [0, 0.05) is 29.6 Å². The second kappa shape index (κ2) is 9.01. The molecule has 0 spiro atoms. The third-order valence-corrected chi connectivity index (χ3v) is 4.27. The number of methoxy groups -OCH3 is 1. The average molecular weight is 396 g/mol. The molecule has 0 fully saturated rings. The Morgan fingerprint density at radius 3 is 2.64 bits per heavy atom. The molecule has 2 amide bonds. The zero-order chi connectivity index (χ0) is 19.9. The highest BCUT2D eigenvalue weighted by Crippen LogP contribution is 2.23. The second-order valence-corrected chi connectivity index (χ2v) is 6.32. The number of carbonyl (C=O) groups excluding carboxylic acids is 2. The molecule has 3 aromatic rings. The predicted molar refractivity (Wildman–Crippen MR) is 108 cm³/mol. The van der Waals surface area contributed by atoms with Crippen LogP contribution in [0.2, 0.25) is 5.02 Å². The topological polar surface area (TPSA) is 80.3 Å². The Balaban J connectivity index is 1.73. The number of benzene rings is 2. The van der Waals surface area contributed by atoms with Crippen LogP contribution in [0.3, 0.4) is 0 Å². The quantitative estimate of drug-likeness (QED) is 0.662. The summed E-state index contributed by atoms with van der Waals surface area (Å²) in [5.41, 5.74) is 2.15. The van der Waals surface area contributed by atoms with Gasteiger partial charge in [0.2, 0.25) is 0 Å². The third-order valence-electron chi connectivity index (χ3n) is 4.03. The number of nitrogens with zero attached hydrogens (tertiary/aromatic N) is 1. The number of carbonyl (C=O) groups is 2. The van der Waals surface area contributed by atoms with Crippen LogP contribution in [-0.4, -0.2) is 23.9 Å². The molecule has 0 unspecified atom stereocenters. The number of nitrogens with one attached hydrogen (secondary N) is 2. The van der Waals surface area contributed by atoms with E-state index in [0.717, 1.165) is 5.56 Å². The van der Waals surface area contributed by atoms with Gasteiger partial charge in [-0.2, -0.15) is 0 Å². The van der Waals surface area contributed by atoms with Crippen LogP contribution < -0.4 is 15.4 Å².